The van der Waals surface area contributed by atoms with Crippen molar-refractivity contribution in [3.05, 3.63) is 58.1 Å². The van der Waals surface area contributed by atoms with Gasteiger partial charge in [0.2, 0.25) is 11.8 Å². The fourth-order valence-corrected chi connectivity index (χ4v) is 4.45. The molecular formula is C24H24Cl3N3O4. The maximum atomic E-state index is 13.0. The lowest BCUT2D eigenvalue weighted by Crippen LogP contribution is -2.59. The number of hydrogen-bond donors (Lipinski definition) is 1. The van der Waals surface area contributed by atoms with E-state index in [0.717, 1.165) is 0 Å². The van der Waals surface area contributed by atoms with Crippen LogP contribution in [0.25, 0.3) is 11.1 Å². The summed E-state index contributed by atoms with van der Waals surface area (Å²) in [4.78, 5) is 40.2. The molecule has 34 heavy (non-hydrogen) atoms. The first kappa shape index (κ1) is 25.9. The molecule has 0 spiro atoms. The lowest BCUT2D eigenvalue weighted by molar-refractivity contribution is -0.144. The molecule has 0 saturated carbocycles. The third-order valence-electron chi connectivity index (χ3n) is 5.59. The predicted molar refractivity (Wildman–Crippen MR) is 135 cm³/mol. The standard InChI is InChI=1S/C24H24Cl3N3O4/c1-4-23(32)29-7-8-30(21(13-29)14(2)31)24(33)12-28-20-10-17(19(27)11-22(20)34-3)16-9-15(25)5-6-18(16)26/h4-6,9-11,21,28H,1,7-8,12-13H2,2-3H3. The van der Waals surface area contributed by atoms with Gasteiger partial charge in [0.05, 0.1) is 24.4 Å². The molecule has 0 radical (unpaired) electrons. The Kier molecular flexibility index (Phi) is 8.47. The van der Waals surface area contributed by atoms with Gasteiger partial charge in [-0.1, -0.05) is 41.4 Å². The molecule has 1 heterocycles. The van der Waals surface area contributed by atoms with Gasteiger partial charge in [0.15, 0.2) is 5.78 Å². The highest BCUT2D eigenvalue weighted by Crippen LogP contribution is 2.40. The molecule has 1 aliphatic rings. The molecule has 1 fully saturated rings. The number of hydrogen-bond acceptors (Lipinski definition) is 5. The van der Waals surface area contributed by atoms with E-state index in [1.165, 1.54) is 29.9 Å². The smallest absolute Gasteiger partial charge is 0.246 e. The first-order valence-electron chi connectivity index (χ1n) is 10.4. The second kappa shape index (κ2) is 11.1. The number of ketones is 1. The topological polar surface area (TPSA) is 79.0 Å². The van der Waals surface area contributed by atoms with Gasteiger partial charge in [-0.15, -0.1) is 0 Å². The van der Waals surface area contributed by atoms with Crippen molar-refractivity contribution in [2.75, 3.05) is 38.6 Å². The summed E-state index contributed by atoms with van der Waals surface area (Å²) in [5.41, 5.74) is 1.77. The molecule has 2 aromatic carbocycles. The minimum atomic E-state index is -0.722. The highest BCUT2D eigenvalue weighted by Gasteiger charge is 2.34. The zero-order valence-corrected chi connectivity index (χ0v) is 21.0. The number of benzene rings is 2. The van der Waals surface area contributed by atoms with Crippen LogP contribution in [-0.4, -0.2) is 66.7 Å². The molecule has 1 atom stereocenters. The van der Waals surface area contributed by atoms with Gasteiger partial charge in [-0.25, -0.2) is 0 Å². The first-order chi connectivity index (χ1) is 16.2. The summed E-state index contributed by atoms with van der Waals surface area (Å²) < 4.78 is 5.42. The lowest BCUT2D eigenvalue weighted by Gasteiger charge is -2.40. The molecule has 0 aliphatic carbocycles. The van der Waals surface area contributed by atoms with Crippen molar-refractivity contribution in [2.24, 2.45) is 0 Å². The first-order valence-corrected chi connectivity index (χ1v) is 11.6. The minimum Gasteiger partial charge on any atom is -0.495 e. The fourth-order valence-electron chi connectivity index (χ4n) is 3.80. The second-order valence-corrected chi connectivity index (χ2v) is 8.96. The number of methoxy groups -OCH3 is 1. The molecular weight excluding hydrogens is 501 g/mol. The largest absolute Gasteiger partial charge is 0.495 e. The number of piperazine rings is 1. The van der Waals surface area contributed by atoms with Gasteiger partial charge in [-0.05, 0) is 37.3 Å². The van der Waals surface area contributed by atoms with Crippen LogP contribution in [0.15, 0.2) is 43.0 Å². The summed E-state index contributed by atoms with van der Waals surface area (Å²) in [6, 6.07) is 7.69. The molecule has 10 heteroatoms. The van der Waals surface area contributed by atoms with E-state index in [1.54, 1.807) is 30.3 Å². The van der Waals surface area contributed by atoms with Crippen LogP contribution < -0.4 is 10.1 Å². The van der Waals surface area contributed by atoms with Crippen LogP contribution in [0.1, 0.15) is 6.92 Å². The number of halogens is 3. The Morgan fingerprint density at radius 3 is 2.47 bits per heavy atom. The molecule has 2 aromatic rings. The Morgan fingerprint density at radius 2 is 1.82 bits per heavy atom. The number of nitrogens with zero attached hydrogens (tertiary/aromatic N) is 2. The van der Waals surface area contributed by atoms with Gasteiger partial charge in [0.1, 0.15) is 11.8 Å². The summed E-state index contributed by atoms with van der Waals surface area (Å²) in [5, 5.41) is 4.45. The third-order valence-corrected chi connectivity index (χ3v) is 6.47. The van der Waals surface area contributed by atoms with E-state index in [1.807, 2.05) is 0 Å². The molecule has 180 valence electrons. The Bertz CT molecular complexity index is 1140. The summed E-state index contributed by atoms with van der Waals surface area (Å²) in [5.74, 6) is -0.319. The van der Waals surface area contributed by atoms with Crippen LogP contribution in [0, 0.1) is 0 Å². The third kappa shape index (κ3) is 5.66. The number of carbonyl (C=O) groups excluding carboxylic acids is 3. The molecule has 1 unspecified atom stereocenters. The molecule has 1 saturated heterocycles. The van der Waals surface area contributed by atoms with Crippen LogP contribution >= 0.6 is 34.8 Å². The van der Waals surface area contributed by atoms with Crippen LogP contribution in [-0.2, 0) is 14.4 Å². The molecule has 7 nitrogen and oxygen atoms in total. The average Bonchev–Trinajstić information content (AvgIpc) is 2.83. The Balaban J connectivity index is 1.82. The van der Waals surface area contributed by atoms with E-state index >= 15 is 0 Å². The number of Topliss-reactive ketones (excluding diaryl/α,β-unsaturated/α-hetero) is 1. The van der Waals surface area contributed by atoms with Gasteiger partial charge in [0, 0.05) is 46.9 Å². The lowest BCUT2D eigenvalue weighted by atomic mass is 10.0. The molecule has 1 aliphatic heterocycles. The molecule has 0 bridgehead atoms. The van der Waals surface area contributed by atoms with Gasteiger partial charge in [0.25, 0.3) is 0 Å². The van der Waals surface area contributed by atoms with Crippen molar-refractivity contribution in [3.8, 4) is 16.9 Å². The average molecular weight is 525 g/mol. The Morgan fingerprint density at radius 1 is 1.12 bits per heavy atom. The van der Waals surface area contributed by atoms with Crippen LogP contribution in [0.5, 0.6) is 5.75 Å². The molecule has 2 amide bonds. The number of nitrogens with one attached hydrogen (secondary N) is 1. The summed E-state index contributed by atoms with van der Waals surface area (Å²) >= 11 is 19.0. The monoisotopic (exact) mass is 523 g/mol. The van der Waals surface area contributed by atoms with E-state index in [2.05, 4.69) is 11.9 Å². The maximum Gasteiger partial charge on any atom is 0.246 e. The van der Waals surface area contributed by atoms with E-state index in [-0.39, 0.29) is 37.2 Å². The number of rotatable bonds is 7. The van der Waals surface area contributed by atoms with Crippen molar-refractivity contribution in [1.82, 2.24) is 9.80 Å². The highest BCUT2D eigenvalue weighted by atomic mass is 35.5. The van der Waals surface area contributed by atoms with Crippen LogP contribution in [0.3, 0.4) is 0 Å². The number of amides is 2. The van der Waals surface area contributed by atoms with E-state index < -0.39 is 6.04 Å². The van der Waals surface area contributed by atoms with Gasteiger partial charge in [-0.2, -0.15) is 0 Å². The maximum absolute atomic E-state index is 13.0. The minimum absolute atomic E-state index is 0.0973. The van der Waals surface area contributed by atoms with Gasteiger partial charge in [-0.3, -0.25) is 14.4 Å². The zero-order chi connectivity index (χ0) is 25.0. The van der Waals surface area contributed by atoms with Crippen molar-refractivity contribution in [3.63, 3.8) is 0 Å². The Hall–Kier alpha value is -2.74. The van der Waals surface area contributed by atoms with Crippen molar-refractivity contribution < 1.29 is 19.1 Å². The quantitative estimate of drug-likeness (QED) is 0.538. The van der Waals surface area contributed by atoms with E-state index in [0.29, 0.717) is 44.2 Å². The predicted octanol–water partition coefficient (Wildman–Crippen LogP) is 4.55. The second-order valence-electron chi connectivity index (χ2n) is 7.71. The SMILES string of the molecule is C=CC(=O)N1CCN(C(=O)CNc2cc(-c3cc(Cl)ccc3Cl)c(Cl)cc2OC)C(C(C)=O)C1. The van der Waals surface area contributed by atoms with Gasteiger partial charge < -0.3 is 19.9 Å². The van der Waals surface area contributed by atoms with Crippen molar-refractivity contribution in [1.29, 1.82) is 0 Å². The normalized spacial score (nSPS) is 15.6. The van der Waals surface area contributed by atoms with Gasteiger partial charge >= 0.3 is 0 Å². The van der Waals surface area contributed by atoms with Crippen molar-refractivity contribution >= 4 is 58.1 Å². The van der Waals surface area contributed by atoms with Crippen LogP contribution in [0.4, 0.5) is 5.69 Å². The number of ether oxygens (including phenoxy) is 1. The molecule has 0 aromatic heterocycles. The summed E-state index contributed by atoms with van der Waals surface area (Å²) in [6.07, 6.45) is 1.20. The zero-order valence-electron chi connectivity index (χ0n) is 18.7. The van der Waals surface area contributed by atoms with E-state index in [9.17, 15) is 14.4 Å². The Labute approximate surface area is 213 Å². The van der Waals surface area contributed by atoms with Crippen molar-refractivity contribution in [2.45, 2.75) is 13.0 Å². The molecule has 3 rings (SSSR count). The van der Waals surface area contributed by atoms with Crippen LogP contribution in [0.2, 0.25) is 15.1 Å². The summed E-state index contributed by atoms with van der Waals surface area (Å²) in [7, 11) is 1.49. The fraction of sp³-hybridized carbons (Fsp3) is 0.292. The summed E-state index contributed by atoms with van der Waals surface area (Å²) in [6.45, 7) is 5.49. The molecule has 1 N–H and O–H groups in total. The van der Waals surface area contributed by atoms with E-state index in [4.69, 9.17) is 39.5 Å². The number of carbonyl (C=O) groups is 3. The highest BCUT2D eigenvalue weighted by molar-refractivity contribution is 6.37. The number of anilines is 1.